The number of hydrogen-bond acceptors (Lipinski definition) is 9. The maximum Gasteiger partial charge on any atom is 0.315 e. The first kappa shape index (κ1) is 20.9. The van der Waals surface area contributed by atoms with E-state index in [1.54, 1.807) is 51.2 Å². The van der Waals surface area contributed by atoms with Crippen LogP contribution in [0.25, 0.3) is 22.8 Å². The zero-order valence-electron chi connectivity index (χ0n) is 16.6. The van der Waals surface area contributed by atoms with Gasteiger partial charge in [-0.25, -0.2) is 13.4 Å². The summed E-state index contributed by atoms with van der Waals surface area (Å²) in [6.45, 7) is 6.32. The lowest BCUT2D eigenvalue weighted by Gasteiger charge is -2.09. The van der Waals surface area contributed by atoms with E-state index in [1.165, 1.54) is 0 Å². The van der Waals surface area contributed by atoms with Crippen LogP contribution in [-0.4, -0.2) is 46.9 Å². The van der Waals surface area contributed by atoms with Gasteiger partial charge in [0.25, 0.3) is 5.89 Å². The lowest BCUT2D eigenvalue weighted by molar-refractivity contribution is 0.576. The summed E-state index contributed by atoms with van der Waals surface area (Å²) in [5, 5.41) is 10.5. The van der Waals surface area contributed by atoms with E-state index < -0.39 is 15.1 Å². The fourth-order valence-electron chi connectivity index (χ4n) is 2.57. The molecule has 0 unspecified atom stereocenters. The van der Waals surface area contributed by atoms with E-state index in [2.05, 4.69) is 25.5 Å². The first-order valence-electron chi connectivity index (χ1n) is 9.28. The third-order valence-corrected chi connectivity index (χ3v) is 6.51. The first-order chi connectivity index (χ1) is 13.8. The van der Waals surface area contributed by atoms with E-state index in [-0.39, 0.29) is 15.1 Å². The van der Waals surface area contributed by atoms with Crippen molar-refractivity contribution in [1.82, 2.24) is 20.2 Å². The lowest BCUT2D eigenvalue weighted by Crippen LogP contribution is -2.13. The molecule has 0 saturated carbocycles. The van der Waals surface area contributed by atoms with Gasteiger partial charge in [-0.05, 0) is 45.9 Å². The summed E-state index contributed by atoms with van der Waals surface area (Å²) in [6, 6.07) is 6.89. The van der Waals surface area contributed by atoms with Gasteiger partial charge in [-0.2, -0.15) is 0 Å². The third kappa shape index (κ3) is 4.60. The van der Waals surface area contributed by atoms with Crippen LogP contribution in [0.3, 0.4) is 0 Å². The molecule has 0 radical (unpaired) electrons. The van der Waals surface area contributed by atoms with Gasteiger partial charge in [0.05, 0.1) is 27.7 Å². The average Bonchev–Trinajstić information content (AvgIpc) is 3.17. The van der Waals surface area contributed by atoms with E-state index in [0.29, 0.717) is 36.2 Å². The molecule has 1 aromatic carbocycles. The summed E-state index contributed by atoms with van der Waals surface area (Å²) < 4.78 is 30.2. The molecule has 0 fully saturated rings. The van der Waals surface area contributed by atoms with Crippen LogP contribution in [0.1, 0.15) is 30.2 Å². The van der Waals surface area contributed by atoms with Crippen molar-refractivity contribution in [3.63, 3.8) is 0 Å². The minimum Gasteiger partial charge on any atom is -0.402 e. The first-order valence-corrected chi connectivity index (χ1v) is 10.8. The normalized spacial score (nSPS) is 11.8. The van der Waals surface area contributed by atoms with Crippen LogP contribution >= 0.6 is 0 Å². The smallest absolute Gasteiger partial charge is 0.315 e. The minimum atomic E-state index is -3.32. The predicted molar refractivity (Wildman–Crippen MR) is 116 cm³/mol. The monoisotopic (exact) mass is 422 g/mol. The quantitative estimate of drug-likeness (QED) is 0.524. The second-order valence-corrected chi connectivity index (χ2v) is 9.29. The molecule has 2 heterocycles. The summed E-state index contributed by atoms with van der Waals surface area (Å²) in [5.74, 6) is 0.256. The molecule has 9 nitrogen and oxygen atoms in total. The van der Waals surface area contributed by atoms with Gasteiger partial charge in [-0.1, -0.05) is 17.2 Å². The zero-order chi connectivity index (χ0) is 21.0. The fraction of sp³-hybridized carbons (Fsp3) is 0.368. The SMILES string of the molecule is Cc1ncc(-c2ccc(S(=O)(=O)C(C)C)cc2)nc1-c1nnc(NCCCN)o1.[HH].[HH].[HH]. The van der Waals surface area contributed by atoms with E-state index in [0.717, 1.165) is 12.0 Å². The van der Waals surface area contributed by atoms with Crippen LogP contribution < -0.4 is 11.1 Å². The Kier molecular flexibility index (Phi) is 6.23. The Labute approximate surface area is 174 Å². The molecule has 0 aliphatic heterocycles. The Balaban J connectivity index is 0.00000320. The highest BCUT2D eigenvalue weighted by Gasteiger charge is 2.19. The molecule has 2 aromatic heterocycles. The lowest BCUT2D eigenvalue weighted by atomic mass is 10.1. The Morgan fingerprint density at radius 1 is 1.21 bits per heavy atom. The van der Waals surface area contributed by atoms with E-state index >= 15 is 0 Å². The molecule has 0 spiro atoms. The predicted octanol–water partition coefficient (Wildman–Crippen LogP) is 3.18. The van der Waals surface area contributed by atoms with Crippen molar-refractivity contribution >= 4 is 15.9 Å². The molecule has 3 rings (SSSR count). The maximum atomic E-state index is 12.3. The molecule has 29 heavy (non-hydrogen) atoms. The summed E-state index contributed by atoms with van der Waals surface area (Å²) in [4.78, 5) is 9.24. The second kappa shape index (κ2) is 8.66. The molecule has 3 N–H and O–H groups in total. The van der Waals surface area contributed by atoms with Crippen molar-refractivity contribution in [2.45, 2.75) is 37.3 Å². The number of sulfone groups is 1. The number of hydrogen-bond donors (Lipinski definition) is 2. The van der Waals surface area contributed by atoms with Crippen LogP contribution in [0.4, 0.5) is 6.01 Å². The number of anilines is 1. The van der Waals surface area contributed by atoms with Gasteiger partial charge < -0.3 is 15.5 Å². The highest BCUT2D eigenvalue weighted by molar-refractivity contribution is 7.92. The molecule has 3 aromatic rings. The molecule has 0 atom stereocenters. The van der Waals surface area contributed by atoms with Gasteiger partial charge in [-0.3, -0.25) is 4.98 Å². The van der Waals surface area contributed by atoms with Crippen molar-refractivity contribution in [3.05, 3.63) is 36.2 Å². The minimum absolute atomic E-state index is 0. The molecular formula is C19H30N6O3S. The van der Waals surface area contributed by atoms with Crippen LogP contribution in [0.15, 0.2) is 39.8 Å². The molecule has 160 valence electrons. The van der Waals surface area contributed by atoms with Crippen molar-refractivity contribution in [2.24, 2.45) is 5.73 Å². The third-order valence-electron chi connectivity index (χ3n) is 4.34. The van der Waals surface area contributed by atoms with E-state index in [1.807, 2.05) is 0 Å². The van der Waals surface area contributed by atoms with E-state index in [4.69, 9.17) is 10.2 Å². The summed E-state index contributed by atoms with van der Waals surface area (Å²) in [6.07, 6.45) is 2.41. The number of aryl methyl sites for hydroxylation is 1. The summed E-state index contributed by atoms with van der Waals surface area (Å²) in [7, 11) is -3.32. The second-order valence-electron chi connectivity index (χ2n) is 6.79. The van der Waals surface area contributed by atoms with Crippen molar-refractivity contribution in [1.29, 1.82) is 0 Å². The fourth-order valence-corrected chi connectivity index (χ4v) is 3.63. The Morgan fingerprint density at radius 2 is 1.93 bits per heavy atom. The van der Waals surface area contributed by atoms with E-state index in [9.17, 15) is 8.42 Å². The molecule has 0 aliphatic carbocycles. The molecule has 0 amide bonds. The van der Waals surface area contributed by atoms with Gasteiger partial charge in [-0.15, -0.1) is 5.10 Å². The molecule has 0 aliphatic rings. The Bertz CT molecular complexity index is 1090. The van der Waals surface area contributed by atoms with Gasteiger partial charge >= 0.3 is 6.01 Å². The molecule has 0 bridgehead atoms. The highest BCUT2D eigenvalue weighted by Crippen LogP contribution is 2.26. The number of nitrogens with zero attached hydrogens (tertiary/aromatic N) is 4. The summed E-state index contributed by atoms with van der Waals surface area (Å²) >= 11 is 0. The average molecular weight is 423 g/mol. The Morgan fingerprint density at radius 3 is 2.59 bits per heavy atom. The maximum absolute atomic E-state index is 12.3. The van der Waals surface area contributed by atoms with Gasteiger partial charge in [0, 0.05) is 16.4 Å². The number of aromatic nitrogens is 4. The van der Waals surface area contributed by atoms with Crippen molar-refractivity contribution in [3.8, 4) is 22.8 Å². The van der Waals surface area contributed by atoms with Gasteiger partial charge in [0.2, 0.25) is 0 Å². The van der Waals surface area contributed by atoms with Gasteiger partial charge in [0.15, 0.2) is 9.84 Å². The van der Waals surface area contributed by atoms with Crippen LogP contribution in [0.2, 0.25) is 0 Å². The topological polar surface area (TPSA) is 137 Å². The van der Waals surface area contributed by atoms with Crippen LogP contribution in [-0.2, 0) is 9.84 Å². The number of benzene rings is 1. The van der Waals surface area contributed by atoms with Crippen molar-refractivity contribution < 1.29 is 17.1 Å². The largest absolute Gasteiger partial charge is 0.402 e. The molecule has 0 saturated heterocycles. The molecular weight excluding hydrogens is 392 g/mol. The highest BCUT2D eigenvalue weighted by atomic mass is 32.2. The van der Waals surface area contributed by atoms with Crippen molar-refractivity contribution in [2.75, 3.05) is 18.4 Å². The van der Waals surface area contributed by atoms with Crippen LogP contribution in [0, 0.1) is 6.92 Å². The Hall–Kier alpha value is -2.85. The molecule has 10 heteroatoms. The standard InChI is InChI=1S/C19H24N6O3S.3H2/c1-12(2)29(26,27)15-7-5-14(6-8-15)16-11-22-13(3)17(23-16)18-24-25-19(28-18)21-10-4-9-20;;;/h5-8,11-12H,4,9-10,20H2,1-3H3,(H,21,25);3*1H. The number of rotatable bonds is 8. The summed E-state index contributed by atoms with van der Waals surface area (Å²) in [5.41, 5.74) is 7.90. The number of nitrogens with two attached hydrogens (primary N) is 1. The number of nitrogens with one attached hydrogen (secondary N) is 1. The van der Waals surface area contributed by atoms with Gasteiger partial charge in [0.1, 0.15) is 5.69 Å². The van der Waals surface area contributed by atoms with Crippen LogP contribution in [0.5, 0.6) is 0 Å². The zero-order valence-corrected chi connectivity index (χ0v) is 17.4.